The Hall–Kier alpha value is -1.62. The van der Waals surface area contributed by atoms with Gasteiger partial charge < -0.3 is 4.57 Å². The number of nitrogens with zero attached hydrogens (tertiary/aromatic N) is 5. The number of aromatic nitrogens is 4. The van der Waals surface area contributed by atoms with E-state index in [0.717, 1.165) is 25.5 Å². The van der Waals surface area contributed by atoms with Crippen LogP contribution in [0.4, 0.5) is 0 Å². The van der Waals surface area contributed by atoms with E-state index < -0.39 is 0 Å². The van der Waals surface area contributed by atoms with E-state index in [0.29, 0.717) is 6.04 Å². The van der Waals surface area contributed by atoms with Crippen LogP contribution in [0, 0.1) is 6.92 Å². The maximum atomic E-state index is 4.36. The lowest BCUT2D eigenvalue weighted by atomic mass is 10.1. The Balaban J connectivity index is 1.57. The Morgan fingerprint density at radius 3 is 2.82 bits per heavy atom. The van der Waals surface area contributed by atoms with E-state index in [2.05, 4.69) is 37.4 Å². The zero-order valence-corrected chi connectivity index (χ0v) is 10.2. The molecule has 0 N–H and O–H groups in total. The third-order valence-electron chi connectivity index (χ3n) is 3.33. The van der Waals surface area contributed by atoms with Crippen LogP contribution in [0.3, 0.4) is 0 Å². The average molecular weight is 231 g/mol. The molecule has 0 bridgehead atoms. The molecule has 1 saturated heterocycles. The molecule has 2 aromatic heterocycles. The SMILES string of the molecule is Cc1cnn(C2CN(Cc3nccn3C)C2)c1. The van der Waals surface area contributed by atoms with Crippen molar-refractivity contribution in [3.05, 3.63) is 36.2 Å². The van der Waals surface area contributed by atoms with Crippen molar-refractivity contribution in [2.45, 2.75) is 19.5 Å². The van der Waals surface area contributed by atoms with E-state index in [9.17, 15) is 0 Å². The Bertz CT molecular complexity index is 506. The molecule has 0 spiro atoms. The normalized spacial score (nSPS) is 17.3. The predicted octanol–water partition coefficient (Wildman–Crippen LogP) is 0.982. The topological polar surface area (TPSA) is 38.9 Å². The molecule has 0 aliphatic carbocycles. The lowest BCUT2D eigenvalue weighted by Gasteiger charge is -2.38. The summed E-state index contributed by atoms with van der Waals surface area (Å²) in [6.45, 7) is 5.13. The Morgan fingerprint density at radius 1 is 1.41 bits per heavy atom. The van der Waals surface area contributed by atoms with Gasteiger partial charge in [0.2, 0.25) is 0 Å². The van der Waals surface area contributed by atoms with E-state index in [1.807, 2.05) is 25.6 Å². The first-order valence-electron chi connectivity index (χ1n) is 5.91. The molecular formula is C12H17N5. The van der Waals surface area contributed by atoms with Gasteiger partial charge in [-0.05, 0) is 12.5 Å². The van der Waals surface area contributed by atoms with Crippen molar-refractivity contribution in [3.63, 3.8) is 0 Å². The Labute approximate surface area is 101 Å². The van der Waals surface area contributed by atoms with E-state index in [4.69, 9.17) is 0 Å². The molecule has 3 heterocycles. The first kappa shape index (κ1) is 10.5. The van der Waals surface area contributed by atoms with Crippen LogP contribution < -0.4 is 0 Å². The number of hydrogen-bond acceptors (Lipinski definition) is 3. The number of imidazole rings is 1. The van der Waals surface area contributed by atoms with E-state index >= 15 is 0 Å². The lowest BCUT2D eigenvalue weighted by molar-refractivity contribution is 0.0871. The summed E-state index contributed by atoms with van der Waals surface area (Å²) in [5.41, 5.74) is 1.23. The van der Waals surface area contributed by atoms with Crippen molar-refractivity contribution < 1.29 is 0 Å². The van der Waals surface area contributed by atoms with Gasteiger partial charge in [0.05, 0.1) is 18.8 Å². The molecule has 0 atom stereocenters. The van der Waals surface area contributed by atoms with Crippen LogP contribution in [0.25, 0.3) is 0 Å². The molecule has 17 heavy (non-hydrogen) atoms. The highest BCUT2D eigenvalue weighted by molar-refractivity contribution is 5.02. The summed E-state index contributed by atoms with van der Waals surface area (Å²) in [6, 6.07) is 0.531. The highest BCUT2D eigenvalue weighted by Gasteiger charge is 2.29. The number of rotatable bonds is 3. The van der Waals surface area contributed by atoms with Crippen molar-refractivity contribution in [3.8, 4) is 0 Å². The van der Waals surface area contributed by atoms with Gasteiger partial charge in [0.25, 0.3) is 0 Å². The maximum absolute atomic E-state index is 4.36. The van der Waals surface area contributed by atoms with Crippen molar-refractivity contribution in [1.29, 1.82) is 0 Å². The number of hydrogen-bond donors (Lipinski definition) is 0. The quantitative estimate of drug-likeness (QED) is 0.790. The van der Waals surface area contributed by atoms with E-state index in [1.54, 1.807) is 0 Å². The summed E-state index contributed by atoms with van der Waals surface area (Å²) in [5, 5.41) is 4.36. The first-order chi connectivity index (χ1) is 8.22. The van der Waals surface area contributed by atoms with Gasteiger partial charge in [0.1, 0.15) is 5.82 Å². The second kappa shape index (κ2) is 4.00. The number of likely N-dealkylation sites (tertiary alicyclic amines) is 1. The van der Waals surface area contributed by atoms with Gasteiger partial charge in [-0.15, -0.1) is 0 Å². The smallest absolute Gasteiger partial charge is 0.122 e. The largest absolute Gasteiger partial charge is 0.337 e. The minimum absolute atomic E-state index is 0.531. The third-order valence-corrected chi connectivity index (χ3v) is 3.33. The van der Waals surface area contributed by atoms with Gasteiger partial charge in [-0.2, -0.15) is 5.10 Å². The van der Waals surface area contributed by atoms with Crippen LogP contribution in [0.15, 0.2) is 24.8 Å². The molecule has 3 rings (SSSR count). The monoisotopic (exact) mass is 231 g/mol. The van der Waals surface area contributed by atoms with E-state index in [1.165, 1.54) is 5.56 Å². The van der Waals surface area contributed by atoms with Crippen molar-refractivity contribution in [1.82, 2.24) is 24.2 Å². The van der Waals surface area contributed by atoms with Gasteiger partial charge in [-0.1, -0.05) is 0 Å². The molecule has 1 fully saturated rings. The minimum Gasteiger partial charge on any atom is -0.337 e. The van der Waals surface area contributed by atoms with Crippen LogP contribution >= 0.6 is 0 Å². The fourth-order valence-corrected chi connectivity index (χ4v) is 2.22. The fraction of sp³-hybridized carbons (Fsp3) is 0.500. The molecule has 90 valence electrons. The zero-order valence-electron chi connectivity index (χ0n) is 10.2. The van der Waals surface area contributed by atoms with Crippen LogP contribution in [0.1, 0.15) is 17.4 Å². The second-order valence-electron chi connectivity index (χ2n) is 4.80. The van der Waals surface area contributed by atoms with E-state index in [-0.39, 0.29) is 0 Å². The van der Waals surface area contributed by atoms with Crippen LogP contribution in [-0.2, 0) is 13.6 Å². The third kappa shape index (κ3) is 1.98. The van der Waals surface area contributed by atoms with Crippen molar-refractivity contribution in [2.75, 3.05) is 13.1 Å². The van der Waals surface area contributed by atoms with Crippen LogP contribution in [0.2, 0.25) is 0 Å². The van der Waals surface area contributed by atoms with Crippen LogP contribution in [-0.4, -0.2) is 37.3 Å². The molecule has 0 saturated carbocycles. The molecule has 2 aromatic rings. The summed E-state index contributed by atoms with van der Waals surface area (Å²) < 4.78 is 4.15. The van der Waals surface area contributed by atoms with Crippen LogP contribution in [0.5, 0.6) is 0 Å². The molecule has 5 nitrogen and oxygen atoms in total. The molecule has 1 aliphatic heterocycles. The molecule has 0 radical (unpaired) electrons. The van der Waals surface area contributed by atoms with Gasteiger partial charge >= 0.3 is 0 Å². The average Bonchev–Trinajstić information content (AvgIpc) is 2.81. The standard InChI is InChI=1S/C12H17N5/c1-10-5-14-17(6-10)11-7-16(8-11)9-12-13-3-4-15(12)2/h3-6,11H,7-9H2,1-2H3. The molecule has 1 aliphatic rings. The van der Waals surface area contributed by atoms with Gasteiger partial charge in [-0.3, -0.25) is 9.58 Å². The predicted molar refractivity (Wildman–Crippen MR) is 64.5 cm³/mol. The Morgan fingerprint density at radius 2 is 2.24 bits per heavy atom. The summed E-state index contributed by atoms with van der Waals surface area (Å²) in [7, 11) is 2.04. The lowest BCUT2D eigenvalue weighted by Crippen LogP contribution is -2.47. The van der Waals surface area contributed by atoms with Gasteiger partial charge in [-0.25, -0.2) is 4.98 Å². The first-order valence-corrected chi connectivity index (χ1v) is 5.91. The van der Waals surface area contributed by atoms with Gasteiger partial charge in [0, 0.05) is 38.7 Å². The number of aryl methyl sites for hydroxylation is 2. The summed E-state index contributed by atoms with van der Waals surface area (Å²) >= 11 is 0. The highest BCUT2D eigenvalue weighted by Crippen LogP contribution is 2.22. The van der Waals surface area contributed by atoms with Crippen molar-refractivity contribution in [2.24, 2.45) is 7.05 Å². The summed E-state index contributed by atoms with van der Waals surface area (Å²) in [5.74, 6) is 1.13. The molecule has 0 aromatic carbocycles. The molecule has 5 heteroatoms. The van der Waals surface area contributed by atoms with Crippen molar-refractivity contribution >= 4 is 0 Å². The van der Waals surface area contributed by atoms with Gasteiger partial charge in [0.15, 0.2) is 0 Å². The molecular weight excluding hydrogens is 214 g/mol. The molecule has 0 unspecified atom stereocenters. The summed E-state index contributed by atoms with van der Waals surface area (Å²) in [4.78, 5) is 6.73. The molecule has 0 amide bonds. The minimum atomic E-state index is 0.531. The second-order valence-corrected chi connectivity index (χ2v) is 4.80. The highest BCUT2D eigenvalue weighted by atomic mass is 15.4. The zero-order chi connectivity index (χ0) is 11.8. The Kier molecular flexibility index (Phi) is 2.48. The fourth-order valence-electron chi connectivity index (χ4n) is 2.22. The maximum Gasteiger partial charge on any atom is 0.122 e. The summed E-state index contributed by atoms with van der Waals surface area (Å²) in [6.07, 6.45) is 7.87.